The van der Waals surface area contributed by atoms with Crippen molar-refractivity contribution in [1.82, 2.24) is 4.37 Å². The lowest BCUT2D eigenvalue weighted by Crippen LogP contribution is -2.34. The Balaban J connectivity index is 1.72. The number of alkyl halides is 1. The maximum absolute atomic E-state index is 14.5. The number of rotatable bonds is 6. The molecule has 0 spiro atoms. The maximum atomic E-state index is 14.5. The van der Waals surface area contributed by atoms with E-state index in [-0.39, 0.29) is 16.4 Å². The molecule has 0 saturated carbocycles. The van der Waals surface area contributed by atoms with E-state index >= 15 is 0 Å². The van der Waals surface area contributed by atoms with Gasteiger partial charge in [0.15, 0.2) is 0 Å². The van der Waals surface area contributed by atoms with Gasteiger partial charge in [-0.3, -0.25) is 10.1 Å². The average molecular weight is 421 g/mol. The first-order chi connectivity index (χ1) is 13.8. The van der Waals surface area contributed by atoms with Crippen molar-refractivity contribution in [1.29, 1.82) is 0 Å². The SMILES string of the molecule is CC1(F)C=CC=C(F)C1COc1nsc(NC(=O)Oc2ccccc2)c1C(N)=O. The van der Waals surface area contributed by atoms with Crippen LogP contribution in [0, 0.1) is 5.92 Å². The summed E-state index contributed by atoms with van der Waals surface area (Å²) in [5.74, 6) is -2.77. The Labute approximate surface area is 169 Å². The molecule has 0 fully saturated rings. The van der Waals surface area contributed by atoms with Crippen molar-refractivity contribution in [2.45, 2.75) is 12.6 Å². The Hall–Kier alpha value is -3.27. The zero-order valence-corrected chi connectivity index (χ0v) is 16.0. The van der Waals surface area contributed by atoms with Crippen molar-refractivity contribution in [3.63, 3.8) is 0 Å². The summed E-state index contributed by atoms with van der Waals surface area (Å²) in [6, 6.07) is 8.27. The highest BCUT2D eigenvalue weighted by Gasteiger charge is 2.38. The summed E-state index contributed by atoms with van der Waals surface area (Å²) in [6.07, 6.45) is 2.77. The minimum Gasteiger partial charge on any atom is -0.476 e. The molecule has 1 aromatic carbocycles. The summed E-state index contributed by atoms with van der Waals surface area (Å²) >= 11 is 0.727. The fourth-order valence-corrected chi connectivity index (χ4v) is 3.35. The summed E-state index contributed by atoms with van der Waals surface area (Å²) in [7, 11) is 0. The third-order valence-corrected chi connectivity index (χ3v) is 4.90. The molecule has 0 bridgehead atoms. The van der Waals surface area contributed by atoms with Gasteiger partial charge in [0.25, 0.3) is 5.91 Å². The van der Waals surface area contributed by atoms with Gasteiger partial charge in [0.05, 0.1) is 5.92 Å². The van der Waals surface area contributed by atoms with Crippen LogP contribution in [0.25, 0.3) is 0 Å². The van der Waals surface area contributed by atoms with Crippen LogP contribution in [0.4, 0.5) is 18.6 Å². The van der Waals surface area contributed by atoms with Crippen LogP contribution in [-0.4, -0.2) is 28.6 Å². The van der Waals surface area contributed by atoms with Crippen molar-refractivity contribution in [3.8, 4) is 11.6 Å². The number of anilines is 1. The molecule has 10 heteroatoms. The second-order valence-corrected chi connectivity index (χ2v) is 7.08. The second-order valence-electron chi connectivity index (χ2n) is 6.31. The quantitative estimate of drug-likeness (QED) is 0.734. The van der Waals surface area contributed by atoms with Crippen molar-refractivity contribution in [2.24, 2.45) is 11.7 Å². The number of benzene rings is 1. The molecule has 3 N–H and O–H groups in total. The van der Waals surface area contributed by atoms with Gasteiger partial charge in [-0.25, -0.2) is 13.6 Å². The summed E-state index contributed by atoms with van der Waals surface area (Å²) in [5, 5.41) is 2.36. The van der Waals surface area contributed by atoms with E-state index in [9.17, 15) is 18.4 Å². The molecule has 2 unspecified atom stereocenters. The third kappa shape index (κ3) is 4.77. The number of nitrogens with zero attached hydrogens (tertiary/aromatic N) is 1. The number of amides is 2. The van der Waals surface area contributed by atoms with E-state index in [0.717, 1.165) is 17.6 Å². The zero-order chi connectivity index (χ0) is 21.0. The van der Waals surface area contributed by atoms with E-state index in [4.69, 9.17) is 15.2 Å². The molecule has 1 aromatic heterocycles. The Bertz CT molecular complexity index is 973. The lowest BCUT2D eigenvalue weighted by molar-refractivity contribution is 0.0981. The van der Waals surface area contributed by atoms with Gasteiger partial charge in [-0.05, 0) is 42.7 Å². The highest BCUT2D eigenvalue weighted by molar-refractivity contribution is 7.11. The number of ether oxygens (including phenoxy) is 2. The summed E-state index contributed by atoms with van der Waals surface area (Å²) < 4.78 is 42.9. The molecule has 0 radical (unpaired) electrons. The van der Waals surface area contributed by atoms with E-state index in [1.54, 1.807) is 30.3 Å². The molecule has 0 saturated heterocycles. The Morgan fingerprint density at radius 3 is 2.72 bits per heavy atom. The molecule has 2 aromatic rings. The van der Waals surface area contributed by atoms with Gasteiger partial charge in [-0.15, -0.1) is 0 Å². The van der Waals surface area contributed by atoms with Gasteiger partial charge in [-0.1, -0.05) is 24.3 Å². The van der Waals surface area contributed by atoms with Crippen LogP contribution in [0.3, 0.4) is 0 Å². The Morgan fingerprint density at radius 1 is 1.34 bits per heavy atom. The molecule has 2 amide bonds. The van der Waals surface area contributed by atoms with Gasteiger partial charge in [0, 0.05) is 0 Å². The normalized spacial score (nSPS) is 20.7. The number of hydrogen-bond acceptors (Lipinski definition) is 6. The number of carbonyl (C=O) groups excluding carboxylic acids is 2. The number of hydrogen-bond donors (Lipinski definition) is 2. The van der Waals surface area contributed by atoms with E-state index in [0.29, 0.717) is 5.75 Å². The van der Waals surface area contributed by atoms with Crippen LogP contribution in [0.1, 0.15) is 17.3 Å². The highest BCUT2D eigenvalue weighted by Crippen LogP contribution is 2.36. The second kappa shape index (κ2) is 8.39. The summed E-state index contributed by atoms with van der Waals surface area (Å²) in [4.78, 5) is 23.9. The van der Waals surface area contributed by atoms with Crippen molar-refractivity contribution >= 4 is 28.5 Å². The Kier molecular flexibility index (Phi) is 5.92. The summed E-state index contributed by atoms with van der Waals surface area (Å²) in [6.45, 7) is 0.796. The minimum absolute atomic E-state index is 0.00371. The van der Waals surface area contributed by atoms with Crippen LogP contribution in [-0.2, 0) is 0 Å². The number of halogens is 2. The lowest BCUT2D eigenvalue weighted by atomic mass is 9.87. The lowest BCUT2D eigenvalue weighted by Gasteiger charge is -2.28. The molecule has 29 heavy (non-hydrogen) atoms. The topological polar surface area (TPSA) is 104 Å². The number of aromatic nitrogens is 1. The van der Waals surface area contributed by atoms with Gasteiger partial charge < -0.3 is 15.2 Å². The summed E-state index contributed by atoms with van der Waals surface area (Å²) in [5.41, 5.74) is 3.18. The van der Waals surface area contributed by atoms with Crippen molar-refractivity contribution in [2.75, 3.05) is 11.9 Å². The molecule has 3 rings (SSSR count). The van der Waals surface area contributed by atoms with Crippen molar-refractivity contribution in [3.05, 3.63) is 60.0 Å². The van der Waals surface area contributed by atoms with Crippen LogP contribution in [0.5, 0.6) is 11.6 Å². The predicted octanol–water partition coefficient (Wildman–Crippen LogP) is 4.00. The number of allylic oxidation sites excluding steroid dienone is 3. The molecular weight excluding hydrogens is 404 g/mol. The molecular formula is C19H17F2N3O4S. The largest absolute Gasteiger partial charge is 0.476 e. The number of nitrogens with two attached hydrogens (primary N) is 1. The number of carbonyl (C=O) groups is 2. The van der Waals surface area contributed by atoms with E-state index in [1.807, 2.05) is 0 Å². The number of nitrogens with one attached hydrogen (secondary N) is 1. The Morgan fingerprint density at radius 2 is 2.07 bits per heavy atom. The van der Waals surface area contributed by atoms with Crippen LogP contribution in [0.2, 0.25) is 0 Å². The monoisotopic (exact) mass is 421 g/mol. The third-order valence-electron chi connectivity index (χ3n) is 4.16. The van der Waals surface area contributed by atoms with Gasteiger partial charge in [0.2, 0.25) is 5.88 Å². The molecule has 152 valence electrons. The number of primary amides is 1. The van der Waals surface area contributed by atoms with Gasteiger partial charge in [0.1, 0.15) is 34.4 Å². The molecule has 1 heterocycles. The first kappa shape index (κ1) is 20.5. The first-order valence-electron chi connectivity index (χ1n) is 8.48. The van der Waals surface area contributed by atoms with E-state index < -0.39 is 36.0 Å². The van der Waals surface area contributed by atoms with Gasteiger partial charge in [-0.2, -0.15) is 4.37 Å². The maximum Gasteiger partial charge on any atom is 0.417 e. The van der Waals surface area contributed by atoms with E-state index in [2.05, 4.69) is 9.69 Å². The molecule has 1 aliphatic carbocycles. The van der Waals surface area contributed by atoms with Crippen LogP contribution in [0.15, 0.2) is 54.4 Å². The molecule has 7 nitrogen and oxygen atoms in total. The smallest absolute Gasteiger partial charge is 0.417 e. The van der Waals surface area contributed by atoms with Crippen LogP contribution < -0.4 is 20.5 Å². The van der Waals surface area contributed by atoms with Crippen molar-refractivity contribution < 1.29 is 27.8 Å². The molecule has 0 aliphatic heterocycles. The first-order valence-corrected chi connectivity index (χ1v) is 9.25. The van der Waals surface area contributed by atoms with E-state index in [1.165, 1.54) is 19.1 Å². The molecule has 2 atom stereocenters. The zero-order valence-electron chi connectivity index (χ0n) is 15.2. The molecule has 1 aliphatic rings. The van der Waals surface area contributed by atoms with Gasteiger partial charge >= 0.3 is 6.09 Å². The van der Waals surface area contributed by atoms with Crippen LogP contribution >= 0.6 is 11.5 Å². The predicted molar refractivity (Wildman–Crippen MR) is 104 cm³/mol. The highest BCUT2D eigenvalue weighted by atomic mass is 32.1. The minimum atomic E-state index is -1.97. The fourth-order valence-electron chi connectivity index (χ4n) is 2.63. The number of para-hydroxylation sites is 1. The standard InChI is InChI=1S/C19H17F2N3O4S/c1-19(21)9-5-8-13(20)12(19)10-27-16-14(15(22)25)17(29-24-16)23-18(26)28-11-6-3-2-4-7-11/h2-9,12H,10H2,1H3,(H2,22,25)(H,23,26). The fraction of sp³-hybridized carbons (Fsp3) is 0.211. The average Bonchev–Trinajstić information content (AvgIpc) is 3.04.